The first-order valence-electron chi connectivity index (χ1n) is 7.59. The Morgan fingerprint density at radius 3 is 2.95 bits per heavy atom. The smallest absolute Gasteiger partial charge is 0.254 e. The molecule has 1 aromatic carbocycles. The molecule has 5 nitrogen and oxygen atoms in total. The highest BCUT2D eigenvalue weighted by Gasteiger charge is 2.34. The van der Waals surface area contributed by atoms with Crippen LogP contribution in [-0.2, 0) is 19.1 Å². The van der Waals surface area contributed by atoms with Crippen molar-refractivity contribution in [2.45, 2.75) is 31.8 Å². The van der Waals surface area contributed by atoms with Crippen LogP contribution in [0, 0.1) is 6.92 Å². The number of aromatic nitrogens is 2. The van der Waals surface area contributed by atoms with Gasteiger partial charge in [0.1, 0.15) is 5.60 Å². The van der Waals surface area contributed by atoms with E-state index in [1.165, 1.54) is 5.56 Å². The van der Waals surface area contributed by atoms with E-state index in [1.807, 2.05) is 31.2 Å². The van der Waals surface area contributed by atoms with Crippen molar-refractivity contribution < 1.29 is 9.90 Å². The Morgan fingerprint density at radius 2 is 2.23 bits per heavy atom. The van der Waals surface area contributed by atoms with Crippen LogP contribution in [0.4, 0.5) is 0 Å². The van der Waals surface area contributed by atoms with Gasteiger partial charge in [-0.15, -0.1) is 0 Å². The van der Waals surface area contributed by atoms with Gasteiger partial charge in [-0.1, -0.05) is 24.3 Å². The number of hydrogen-bond donors (Lipinski definition) is 2. The summed E-state index contributed by atoms with van der Waals surface area (Å²) in [6.45, 7) is 2.07. The van der Waals surface area contributed by atoms with Crippen LogP contribution in [0.1, 0.15) is 40.0 Å². The van der Waals surface area contributed by atoms with Gasteiger partial charge in [0.25, 0.3) is 5.91 Å². The lowest BCUT2D eigenvalue weighted by Gasteiger charge is -2.34. The third kappa shape index (κ3) is 2.52. The minimum Gasteiger partial charge on any atom is -0.383 e. The van der Waals surface area contributed by atoms with Crippen LogP contribution < -0.4 is 5.32 Å². The number of nitrogens with zero attached hydrogens (tertiary/aromatic N) is 2. The summed E-state index contributed by atoms with van der Waals surface area (Å²) in [7, 11) is 1.80. The van der Waals surface area contributed by atoms with Crippen molar-refractivity contribution in [2.75, 3.05) is 6.54 Å². The Kier molecular flexibility index (Phi) is 3.74. The Labute approximate surface area is 130 Å². The molecular formula is C17H21N3O2. The summed E-state index contributed by atoms with van der Waals surface area (Å²) in [4.78, 5) is 12.3. The number of fused-ring (bicyclic) bond motifs is 1. The van der Waals surface area contributed by atoms with Crippen LogP contribution in [0.25, 0.3) is 0 Å². The van der Waals surface area contributed by atoms with E-state index in [-0.39, 0.29) is 12.5 Å². The molecule has 116 valence electrons. The fourth-order valence-electron chi connectivity index (χ4n) is 3.13. The first-order chi connectivity index (χ1) is 10.5. The van der Waals surface area contributed by atoms with Crippen molar-refractivity contribution in [1.29, 1.82) is 0 Å². The standard InChI is InChI=1S/C17H21N3O2/c1-12-14(10-19-20(12)2)16(21)18-11-17(22)9-5-7-13-6-3-4-8-15(13)17/h3-4,6,8,10,22H,5,7,9,11H2,1-2H3,(H,18,21). The Hall–Kier alpha value is -2.14. The van der Waals surface area contributed by atoms with Crippen molar-refractivity contribution in [2.24, 2.45) is 7.05 Å². The molecule has 1 aliphatic rings. The quantitative estimate of drug-likeness (QED) is 0.906. The SMILES string of the molecule is Cc1c(C(=O)NCC2(O)CCCc3ccccc32)cnn1C. The average Bonchev–Trinajstić information content (AvgIpc) is 2.85. The van der Waals surface area contributed by atoms with Gasteiger partial charge >= 0.3 is 0 Å². The molecule has 5 heteroatoms. The number of benzene rings is 1. The normalized spacial score (nSPS) is 20.5. The first-order valence-corrected chi connectivity index (χ1v) is 7.59. The molecule has 22 heavy (non-hydrogen) atoms. The van der Waals surface area contributed by atoms with Crippen molar-refractivity contribution in [3.05, 3.63) is 52.8 Å². The van der Waals surface area contributed by atoms with Crippen LogP contribution >= 0.6 is 0 Å². The zero-order valence-electron chi connectivity index (χ0n) is 13.0. The van der Waals surface area contributed by atoms with Crippen LogP contribution in [0.2, 0.25) is 0 Å². The molecule has 1 amide bonds. The Bertz CT molecular complexity index is 708. The van der Waals surface area contributed by atoms with Gasteiger partial charge < -0.3 is 10.4 Å². The van der Waals surface area contributed by atoms with Crippen LogP contribution in [-0.4, -0.2) is 27.3 Å². The minimum atomic E-state index is -0.985. The third-order valence-corrected chi connectivity index (χ3v) is 4.58. The first kappa shape index (κ1) is 14.8. The molecule has 0 saturated heterocycles. The number of rotatable bonds is 3. The maximum Gasteiger partial charge on any atom is 0.254 e. The largest absolute Gasteiger partial charge is 0.383 e. The number of aryl methyl sites for hydroxylation is 2. The van der Waals surface area contributed by atoms with Gasteiger partial charge in [-0.25, -0.2) is 0 Å². The third-order valence-electron chi connectivity index (χ3n) is 4.58. The number of carbonyl (C=O) groups excluding carboxylic acids is 1. The molecule has 0 bridgehead atoms. The maximum atomic E-state index is 12.3. The number of carbonyl (C=O) groups is 1. The van der Waals surface area contributed by atoms with E-state index in [2.05, 4.69) is 10.4 Å². The molecule has 0 radical (unpaired) electrons. The van der Waals surface area contributed by atoms with E-state index < -0.39 is 5.60 Å². The predicted octanol–water partition coefficient (Wildman–Crippen LogP) is 1.68. The summed E-state index contributed by atoms with van der Waals surface area (Å²) in [5.74, 6) is -0.193. The summed E-state index contributed by atoms with van der Waals surface area (Å²) in [6.07, 6.45) is 4.13. The lowest BCUT2D eigenvalue weighted by atomic mass is 9.79. The Balaban J connectivity index is 1.77. The molecule has 1 heterocycles. The van der Waals surface area contributed by atoms with E-state index in [0.29, 0.717) is 12.0 Å². The van der Waals surface area contributed by atoms with Crippen LogP contribution in [0.3, 0.4) is 0 Å². The maximum absolute atomic E-state index is 12.3. The van der Waals surface area contributed by atoms with Gasteiger partial charge in [0.2, 0.25) is 0 Å². The zero-order valence-corrected chi connectivity index (χ0v) is 13.0. The number of aliphatic hydroxyl groups is 1. The molecule has 1 unspecified atom stereocenters. The van der Waals surface area contributed by atoms with E-state index >= 15 is 0 Å². The van der Waals surface area contributed by atoms with Crippen molar-refractivity contribution in [3.63, 3.8) is 0 Å². The van der Waals surface area contributed by atoms with Gasteiger partial charge in [-0.05, 0) is 37.3 Å². The number of amides is 1. The van der Waals surface area contributed by atoms with Crippen molar-refractivity contribution >= 4 is 5.91 Å². The highest BCUT2D eigenvalue weighted by atomic mass is 16.3. The van der Waals surface area contributed by atoms with Gasteiger partial charge in [0, 0.05) is 12.7 Å². The summed E-state index contributed by atoms with van der Waals surface area (Å²) in [5, 5.41) is 17.9. The second kappa shape index (κ2) is 5.57. The average molecular weight is 299 g/mol. The molecule has 2 aromatic rings. The van der Waals surface area contributed by atoms with E-state index in [1.54, 1.807) is 17.9 Å². The van der Waals surface area contributed by atoms with Crippen molar-refractivity contribution in [1.82, 2.24) is 15.1 Å². The van der Waals surface area contributed by atoms with Gasteiger partial charge in [-0.2, -0.15) is 5.10 Å². The fourth-order valence-corrected chi connectivity index (χ4v) is 3.13. The molecule has 1 aliphatic carbocycles. The molecule has 0 fully saturated rings. The summed E-state index contributed by atoms with van der Waals surface area (Å²) < 4.78 is 1.67. The summed E-state index contributed by atoms with van der Waals surface area (Å²) in [6, 6.07) is 7.92. The van der Waals surface area contributed by atoms with Gasteiger partial charge in [-0.3, -0.25) is 9.48 Å². The van der Waals surface area contributed by atoms with Crippen molar-refractivity contribution in [3.8, 4) is 0 Å². The second-order valence-electron chi connectivity index (χ2n) is 5.99. The van der Waals surface area contributed by atoms with E-state index in [4.69, 9.17) is 0 Å². The molecule has 1 aromatic heterocycles. The lowest BCUT2D eigenvalue weighted by Crippen LogP contribution is -2.43. The van der Waals surface area contributed by atoms with E-state index in [0.717, 1.165) is 24.1 Å². The Morgan fingerprint density at radius 1 is 1.45 bits per heavy atom. The highest BCUT2D eigenvalue weighted by Crippen LogP contribution is 2.34. The number of nitrogens with one attached hydrogen (secondary N) is 1. The predicted molar refractivity (Wildman–Crippen MR) is 83.6 cm³/mol. The lowest BCUT2D eigenvalue weighted by molar-refractivity contribution is 0.0189. The molecule has 0 saturated carbocycles. The summed E-state index contributed by atoms with van der Waals surface area (Å²) >= 11 is 0. The number of hydrogen-bond acceptors (Lipinski definition) is 3. The van der Waals surface area contributed by atoms with Crippen LogP contribution in [0.15, 0.2) is 30.5 Å². The molecule has 2 N–H and O–H groups in total. The fraction of sp³-hybridized carbons (Fsp3) is 0.412. The second-order valence-corrected chi connectivity index (χ2v) is 5.99. The van der Waals surface area contributed by atoms with Gasteiger partial charge in [0.15, 0.2) is 0 Å². The van der Waals surface area contributed by atoms with Crippen LogP contribution in [0.5, 0.6) is 0 Å². The summed E-state index contributed by atoms with van der Waals surface area (Å²) in [5.41, 5.74) is 2.48. The molecule has 1 atom stereocenters. The molecule has 0 spiro atoms. The zero-order chi connectivity index (χ0) is 15.7. The minimum absolute atomic E-state index is 0.193. The van der Waals surface area contributed by atoms with Gasteiger partial charge in [0.05, 0.1) is 18.3 Å². The van der Waals surface area contributed by atoms with E-state index in [9.17, 15) is 9.90 Å². The molecule has 0 aliphatic heterocycles. The molecular weight excluding hydrogens is 278 g/mol. The topological polar surface area (TPSA) is 67.2 Å². The monoisotopic (exact) mass is 299 g/mol. The molecule has 3 rings (SSSR count). The highest BCUT2D eigenvalue weighted by molar-refractivity contribution is 5.95.